The summed E-state index contributed by atoms with van der Waals surface area (Å²) in [6.45, 7) is 3.94. The summed E-state index contributed by atoms with van der Waals surface area (Å²) in [6.07, 6.45) is 1.88. The van der Waals surface area contributed by atoms with Crippen LogP contribution in [0.5, 0.6) is 0 Å². The van der Waals surface area contributed by atoms with Crippen molar-refractivity contribution in [2.45, 2.75) is 18.7 Å². The van der Waals surface area contributed by atoms with Crippen LogP contribution in [0, 0.1) is 5.92 Å². The number of carbonyl (C=O) groups is 2. The minimum Gasteiger partial charge on any atom is -0.322 e. The molecule has 74 valence electrons. The van der Waals surface area contributed by atoms with Crippen molar-refractivity contribution in [3.05, 3.63) is 22.9 Å². The number of amides is 1. The molecule has 0 aromatic heterocycles. The van der Waals surface area contributed by atoms with Gasteiger partial charge in [0.15, 0.2) is 0 Å². The molecule has 0 aromatic carbocycles. The van der Waals surface area contributed by atoms with Gasteiger partial charge in [0.2, 0.25) is 5.78 Å². The van der Waals surface area contributed by atoms with Crippen molar-refractivity contribution in [3.8, 4) is 0 Å². The zero-order chi connectivity index (χ0) is 10.5. The molecular weight excluding hydrogens is 246 g/mol. The van der Waals surface area contributed by atoms with Crippen LogP contribution in [0.2, 0.25) is 0 Å². The molecule has 2 rings (SSSR count). The predicted octanol–water partition coefficient (Wildman–Crippen LogP) is 1.30. The number of allylic oxidation sites excluding steroid dienone is 4. The lowest BCUT2D eigenvalue weighted by molar-refractivity contribution is -0.136. The van der Waals surface area contributed by atoms with Crippen LogP contribution in [0.1, 0.15) is 13.8 Å². The second-order valence-electron chi connectivity index (χ2n) is 3.66. The molecule has 2 aliphatic rings. The molecule has 0 spiro atoms. The molecule has 2 unspecified atom stereocenters. The van der Waals surface area contributed by atoms with Crippen LogP contribution in [-0.2, 0) is 9.59 Å². The molecule has 2 atom stereocenters. The average Bonchev–Trinajstić information content (AvgIpc) is 2.39. The van der Waals surface area contributed by atoms with Gasteiger partial charge in [-0.25, -0.2) is 0 Å². The molecule has 1 heterocycles. The number of halogens is 1. The molecule has 0 saturated carbocycles. The van der Waals surface area contributed by atoms with Crippen molar-refractivity contribution < 1.29 is 9.59 Å². The number of ketones is 1. The molecule has 1 aliphatic heterocycles. The minimum atomic E-state index is -0.492. The standard InChI is InChI=1S/C10H10BrNO2/c1-4-3-6-7(8(11)5(4)2)9(13)10(14)12-6/h3,7-8H,1-2H3,(H,12,14). The highest BCUT2D eigenvalue weighted by Crippen LogP contribution is 2.36. The average molecular weight is 256 g/mol. The third kappa shape index (κ3) is 1.17. The van der Waals surface area contributed by atoms with E-state index in [0.717, 1.165) is 16.8 Å². The third-order valence-corrected chi connectivity index (χ3v) is 4.01. The fraction of sp³-hybridized carbons (Fsp3) is 0.400. The number of nitrogens with one attached hydrogen (secondary N) is 1. The van der Waals surface area contributed by atoms with Gasteiger partial charge in [0.25, 0.3) is 5.91 Å². The van der Waals surface area contributed by atoms with E-state index in [4.69, 9.17) is 0 Å². The van der Waals surface area contributed by atoms with Gasteiger partial charge >= 0.3 is 0 Å². The van der Waals surface area contributed by atoms with E-state index in [2.05, 4.69) is 21.2 Å². The van der Waals surface area contributed by atoms with E-state index >= 15 is 0 Å². The lowest BCUT2D eigenvalue weighted by atomic mass is 9.88. The summed E-state index contributed by atoms with van der Waals surface area (Å²) >= 11 is 3.46. The van der Waals surface area contributed by atoms with Crippen LogP contribution in [0.25, 0.3) is 0 Å². The van der Waals surface area contributed by atoms with Gasteiger partial charge in [-0.2, -0.15) is 0 Å². The van der Waals surface area contributed by atoms with E-state index in [-0.39, 0.29) is 16.5 Å². The number of hydrogen-bond donors (Lipinski definition) is 1. The number of carbonyl (C=O) groups excluding carboxylic acids is 2. The number of fused-ring (bicyclic) bond motifs is 1. The first-order valence-electron chi connectivity index (χ1n) is 4.40. The molecule has 1 fully saturated rings. The summed E-state index contributed by atoms with van der Waals surface area (Å²) in [5.41, 5.74) is 2.95. The lowest BCUT2D eigenvalue weighted by Crippen LogP contribution is -2.26. The molecule has 1 aliphatic carbocycles. The number of Topliss-reactive ketones (excluding diaryl/α,β-unsaturated/α-hetero) is 1. The van der Waals surface area contributed by atoms with Gasteiger partial charge < -0.3 is 5.32 Å². The smallest absolute Gasteiger partial charge is 0.292 e. The summed E-state index contributed by atoms with van der Waals surface area (Å²) in [5.74, 6) is -1.18. The van der Waals surface area contributed by atoms with E-state index < -0.39 is 5.91 Å². The number of rotatable bonds is 0. The second-order valence-corrected chi connectivity index (χ2v) is 4.65. The zero-order valence-electron chi connectivity index (χ0n) is 7.93. The third-order valence-electron chi connectivity index (χ3n) is 2.80. The summed E-state index contributed by atoms with van der Waals surface area (Å²) < 4.78 is 0. The van der Waals surface area contributed by atoms with Gasteiger partial charge in [0.1, 0.15) is 0 Å². The Hall–Kier alpha value is -0.900. The Bertz CT molecular complexity index is 395. The molecule has 4 heteroatoms. The first kappa shape index (κ1) is 9.65. The highest BCUT2D eigenvalue weighted by atomic mass is 79.9. The minimum absolute atomic E-state index is 0.0473. The highest BCUT2D eigenvalue weighted by molar-refractivity contribution is 9.09. The van der Waals surface area contributed by atoms with Crippen molar-refractivity contribution in [3.63, 3.8) is 0 Å². The summed E-state index contributed by atoms with van der Waals surface area (Å²) in [6, 6.07) is 0. The van der Waals surface area contributed by atoms with Crippen molar-refractivity contribution in [1.82, 2.24) is 5.32 Å². The molecule has 0 aromatic rings. The second kappa shape index (κ2) is 3.05. The Morgan fingerprint density at radius 3 is 2.64 bits per heavy atom. The highest BCUT2D eigenvalue weighted by Gasteiger charge is 2.43. The van der Waals surface area contributed by atoms with Crippen LogP contribution in [0.15, 0.2) is 22.9 Å². The van der Waals surface area contributed by atoms with Crippen molar-refractivity contribution in [2.24, 2.45) is 5.92 Å². The molecule has 0 bridgehead atoms. The molecule has 3 nitrogen and oxygen atoms in total. The molecule has 0 radical (unpaired) electrons. The van der Waals surface area contributed by atoms with Crippen molar-refractivity contribution >= 4 is 27.6 Å². The lowest BCUT2D eigenvalue weighted by Gasteiger charge is -2.23. The van der Waals surface area contributed by atoms with E-state index in [1.165, 1.54) is 0 Å². The Morgan fingerprint density at radius 2 is 2.00 bits per heavy atom. The normalized spacial score (nSPS) is 31.5. The summed E-state index contributed by atoms with van der Waals surface area (Å²) in [4.78, 5) is 22.6. The fourth-order valence-corrected chi connectivity index (χ4v) is 2.67. The Balaban J connectivity index is 2.48. The van der Waals surface area contributed by atoms with Crippen LogP contribution in [0.4, 0.5) is 0 Å². The van der Waals surface area contributed by atoms with Crippen molar-refractivity contribution in [1.29, 1.82) is 0 Å². The van der Waals surface area contributed by atoms with E-state index in [1.54, 1.807) is 0 Å². The largest absolute Gasteiger partial charge is 0.322 e. The van der Waals surface area contributed by atoms with Gasteiger partial charge in [-0.05, 0) is 25.5 Å². The topological polar surface area (TPSA) is 46.2 Å². The van der Waals surface area contributed by atoms with Crippen LogP contribution < -0.4 is 5.32 Å². The van der Waals surface area contributed by atoms with E-state index in [0.29, 0.717) is 0 Å². The summed E-state index contributed by atoms with van der Waals surface area (Å²) in [7, 11) is 0. The van der Waals surface area contributed by atoms with Crippen LogP contribution in [-0.4, -0.2) is 16.5 Å². The fourth-order valence-electron chi connectivity index (χ4n) is 1.78. The maximum absolute atomic E-state index is 11.5. The van der Waals surface area contributed by atoms with E-state index in [1.807, 2.05) is 19.9 Å². The van der Waals surface area contributed by atoms with Gasteiger partial charge in [-0.3, -0.25) is 9.59 Å². The Kier molecular flexibility index (Phi) is 2.10. The Morgan fingerprint density at radius 1 is 1.36 bits per heavy atom. The van der Waals surface area contributed by atoms with Crippen LogP contribution >= 0.6 is 15.9 Å². The van der Waals surface area contributed by atoms with Gasteiger partial charge in [0, 0.05) is 5.70 Å². The molecule has 1 saturated heterocycles. The summed E-state index contributed by atoms with van der Waals surface area (Å²) in [5, 5.41) is 2.60. The number of alkyl halides is 1. The van der Waals surface area contributed by atoms with Gasteiger partial charge in [-0.1, -0.05) is 21.5 Å². The van der Waals surface area contributed by atoms with Gasteiger partial charge in [0.05, 0.1) is 10.7 Å². The molecular formula is C10H10BrNO2. The quantitative estimate of drug-likeness (QED) is 0.524. The zero-order valence-corrected chi connectivity index (χ0v) is 9.51. The molecule has 14 heavy (non-hydrogen) atoms. The molecule has 1 N–H and O–H groups in total. The molecule has 1 amide bonds. The monoisotopic (exact) mass is 255 g/mol. The predicted molar refractivity (Wildman–Crippen MR) is 55.8 cm³/mol. The first-order valence-corrected chi connectivity index (χ1v) is 5.32. The van der Waals surface area contributed by atoms with E-state index in [9.17, 15) is 9.59 Å². The van der Waals surface area contributed by atoms with Crippen molar-refractivity contribution in [2.75, 3.05) is 0 Å². The Labute approximate surface area is 90.4 Å². The SMILES string of the molecule is CC1=C(C)C(Br)C2C(=O)C(=O)NC2=C1. The maximum Gasteiger partial charge on any atom is 0.292 e. The van der Waals surface area contributed by atoms with Gasteiger partial charge in [-0.15, -0.1) is 0 Å². The number of hydrogen-bond acceptors (Lipinski definition) is 2. The first-order chi connectivity index (χ1) is 6.52. The van der Waals surface area contributed by atoms with Crippen LogP contribution in [0.3, 0.4) is 0 Å². The maximum atomic E-state index is 11.5.